The van der Waals surface area contributed by atoms with Crippen molar-refractivity contribution in [3.63, 3.8) is 0 Å². The van der Waals surface area contributed by atoms with Crippen molar-refractivity contribution in [3.8, 4) is 0 Å². The zero-order chi connectivity index (χ0) is 11.3. The second-order valence-electron chi connectivity index (χ2n) is 5.12. The fourth-order valence-corrected chi connectivity index (χ4v) is 2.66. The van der Waals surface area contributed by atoms with E-state index in [4.69, 9.17) is 4.74 Å². The van der Waals surface area contributed by atoms with Crippen molar-refractivity contribution in [1.29, 1.82) is 0 Å². The summed E-state index contributed by atoms with van der Waals surface area (Å²) in [6.07, 6.45) is 4.28. The van der Waals surface area contributed by atoms with Crippen LogP contribution in [-0.2, 0) is 4.74 Å². The Morgan fingerprint density at radius 1 is 1.33 bits per heavy atom. The van der Waals surface area contributed by atoms with Gasteiger partial charge < -0.3 is 10.1 Å². The number of nitrogens with one attached hydrogen (secondary N) is 1. The average Bonchev–Trinajstić information content (AvgIpc) is 2.66. The summed E-state index contributed by atoms with van der Waals surface area (Å²) in [5, 5.41) is 3.55. The molecule has 1 rings (SSSR count). The molecular formula is C13H27NO. The smallest absolute Gasteiger partial charge is 0.0579 e. The minimum absolute atomic E-state index is 0.526. The van der Waals surface area contributed by atoms with E-state index in [2.05, 4.69) is 33.0 Å². The molecular weight excluding hydrogens is 186 g/mol. The summed E-state index contributed by atoms with van der Waals surface area (Å²) < 4.78 is 5.73. The number of ether oxygens (including phenoxy) is 1. The van der Waals surface area contributed by atoms with Gasteiger partial charge in [0.2, 0.25) is 0 Å². The summed E-state index contributed by atoms with van der Waals surface area (Å²) in [4.78, 5) is 0. The van der Waals surface area contributed by atoms with E-state index in [-0.39, 0.29) is 0 Å². The molecule has 0 saturated carbocycles. The first-order valence-electron chi connectivity index (χ1n) is 6.50. The van der Waals surface area contributed by atoms with Crippen LogP contribution in [-0.4, -0.2) is 25.3 Å². The summed E-state index contributed by atoms with van der Waals surface area (Å²) in [7, 11) is 0. The summed E-state index contributed by atoms with van der Waals surface area (Å²) in [5.41, 5.74) is 0. The number of hydrogen-bond acceptors (Lipinski definition) is 2. The van der Waals surface area contributed by atoms with Gasteiger partial charge in [0.05, 0.1) is 6.10 Å². The molecule has 1 aliphatic heterocycles. The van der Waals surface area contributed by atoms with Gasteiger partial charge >= 0.3 is 0 Å². The van der Waals surface area contributed by atoms with Gasteiger partial charge in [0.15, 0.2) is 0 Å². The van der Waals surface area contributed by atoms with Crippen LogP contribution in [0.15, 0.2) is 0 Å². The Kier molecular flexibility index (Phi) is 5.62. The summed E-state index contributed by atoms with van der Waals surface area (Å²) in [6, 6.07) is 0.610. The minimum atomic E-state index is 0.526. The molecule has 0 bridgehead atoms. The third kappa shape index (κ3) is 4.12. The molecule has 0 aromatic carbocycles. The Bertz CT molecular complexity index is 164. The van der Waals surface area contributed by atoms with Gasteiger partial charge in [-0.15, -0.1) is 0 Å². The predicted molar refractivity (Wildman–Crippen MR) is 65.1 cm³/mol. The van der Waals surface area contributed by atoms with Crippen molar-refractivity contribution < 1.29 is 4.74 Å². The van der Waals surface area contributed by atoms with E-state index < -0.39 is 0 Å². The molecule has 1 heterocycles. The predicted octanol–water partition coefficient (Wildman–Crippen LogP) is 2.83. The zero-order valence-corrected chi connectivity index (χ0v) is 10.8. The van der Waals surface area contributed by atoms with E-state index in [1.54, 1.807) is 0 Å². The first kappa shape index (κ1) is 13.0. The molecule has 0 aromatic rings. The van der Waals surface area contributed by atoms with E-state index in [1.807, 2.05) is 0 Å². The Morgan fingerprint density at radius 3 is 2.53 bits per heavy atom. The normalized spacial score (nSPS) is 25.8. The van der Waals surface area contributed by atoms with Crippen LogP contribution in [0, 0.1) is 11.8 Å². The van der Waals surface area contributed by atoms with E-state index in [0.29, 0.717) is 12.1 Å². The van der Waals surface area contributed by atoms with Gasteiger partial charge in [0.1, 0.15) is 0 Å². The maximum absolute atomic E-state index is 5.73. The molecule has 1 fully saturated rings. The molecule has 0 aromatic heterocycles. The van der Waals surface area contributed by atoms with Gasteiger partial charge in [-0.25, -0.2) is 0 Å². The minimum Gasteiger partial charge on any atom is -0.378 e. The van der Waals surface area contributed by atoms with Crippen LogP contribution in [0.3, 0.4) is 0 Å². The maximum Gasteiger partial charge on any atom is 0.0579 e. The van der Waals surface area contributed by atoms with Gasteiger partial charge in [-0.2, -0.15) is 0 Å². The van der Waals surface area contributed by atoms with Gasteiger partial charge in [-0.3, -0.25) is 0 Å². The maximum atomic E-state index is 5.73. The van der Waals surface area contributed by atoms with Gasteiger partial charge in [-0.05, 0) is 44.6 Å². The molecule has 3 unspecified atom stereocenters. The highest BCUT2D eigenvalue weighted by Crippen LogP contribution is 2.26. The molecule has 1 aliphatic rings. The average molecular weight is 213 g/mol. The monoisotopic (exact) mass is 213 g/mol. The van der Waals surface area contributed by atoms with Crippen LogP contribution in [0.4, 0.5) is 0 Å². The quantitative estimate of drug-likeness (QED) is 0.732. The number of rotatable bonds is 6. The number of hydrogen-bond donors (Lipinski definition) is 1. The molecule has 2 heteroatoms. The molecule has 1 saturated heterocycles. The Hall–Kier alpha value is -0.0800. The molecule has 90 valence electrons. The van der Waals surface area contributed by atoms with Crippen molar-refractivity contribution >= 4 is 0 Å². The van der Waals surface area contributed by atoms with Gasteiger partial charge in [0.25, 0.3) is 0 Å². The molecule has 0 amide bonds. The molecule has 3 atom stereocenters. The van der Waals surface area contributed by atoms with Crippen LogP contribution >= 0.6 is 0 Å². The van der Waals surface area contributed by atoms with E-state index in [9.17, 15) is 0 Å². The topological polar surface area (TPSA) is 21.3 Å². The van der Waals surface area contributed by atoms with Crippen molar-refractivity contribution in [2.24, 2.45) is 11.8 Å². The first-order valence-corrected chi connectivity index (χ1v) is 6.50. The highest BCUT2D eigenvalue weighted by Gasteiger charge is 2.26. The van der Waals surface area contributed by atoms with E-state index in [1.165, 1.54) is 19.3 Å². The second kappa shape index (κ2) is 6.49. The lowest BCUT2D eigenvalue weighted by Crippen LogP contribution is -2.37. The van der Waals surface area contributed by atoms with Crippen LogP contribution < -0.4 is 5.32 Å². The van der Waals surface area contributed by atoms with Crippen LogP contribution in [0.1, 0.15) is 47.0 Å². The lowest BCUT2D eigenvalue weighted by atomic mass is 9.84. The van der Waals surface area contributed by atoms with Crippen molar-refractivity contribution in [1.82, 2.24) is 5.32 Å². The molecule has 0 spiro atoms. The molecule has 2 nitrogen and oxygen atoms in total. The van der Waals surface area contributed by atoms with E-state index >= 15 is 0 Å². The summed E-state index contributed by atoms with van der Waals surface area (Å²) in [5.74, 6) is 1.48. The first-order chi connectivity index (χ1) is 7.15. The largest absolute Gasteiger partial charge is 0.378 e. The molecule has 1 N–H and O–H groups in total. The standard InChI is InChI=1S/C13H27NO/c1-5-14-11(4)13(10(2)3)9-12-7-6-8-15-12/h10-14H,5-9H2,1-4H3. The molecule has 15 heavy (non-hydrogen) atoms. The van der Waals surface area contributed by atoms with Crippen LogP contribution in [0.2, 0.25) is 0 Å². The highest BCUT2D eigenvalue weighted by atomic mass is 16.5. The third-order valence-electron chi connectivity index (χ3n) is 3.58. The van der Waals surface area contributed by atoms with Crippen molar-refractivity contribution in [2.45, 2.75) is 59.1 Å². The van der Waals surface area contributed by atoms with Crippen molar-refractivity contribution in [2.75, 3.05) is 13.2 Å². The fraction of sp³-hybridized carbons (Fsp3) is 1.00. The summed E-state index contributed by atoms with van der Waals surface area (Å²) in [6.45, 7) is 11.2. The highest BCUT2D eigenvalue weighted by molar-refractivity contribution is 4.79. The van der Waals surface area contributed by atoms with Gasteiger partial charge in [-0.1, -0.05) is 20.8 Å². The third-order valence-corrected chi connectivity index (χ3v) is 3.58. The van der Waals surface area contributed by atoms with E-state index in [0.717, 1.165) is 25.0 Å². The van der Waals surface area contributed by atoms with Crippen LogP contribution in [0.25, 0.3) is 0 Å². The SMILES string of the molecule is CCNC(C)C(CC1CCCO1)C(C)C. The van der Waals surface area contributed by atoms with Crippen LogP contribution in [0.5, 0.6) is 0 Å². The Labute approximate surface area is 94.8 Å². The lowest BCUT2D eigenvalue weighted by Gasteiger charge is -2.30. The van der Waals surface area contributed by atoms with Crippen molar-refractivity contribution in [3.05, 3.63) is 0 Å². The Balaban J connectivity index is 2.41. The van der Waals surface area contributed by atoms with Gasteiger partial charge in [0, 0.05) is 12.6 Å². The zero-order valence-electron chi connectivity index (χ0n) is 10.8. The summed E-state index contributed by atoms with van der Waals surface area (Å²) >= 11 is 0. The Morgan fingerprint density at radius 2 is 2.07 bits per heavy atom. The molecule has 0 radical (unpaired) electrons. The lowest BCUT2D eigenvalue weighted by molar-refractivity contribution is 0.0745. The molecule has 0 aliphatic carbocycles. The fourth-order valence-electron chi connectivity index (χ4n) is 2.66. The second-order valence-corrected chi connectivity index (χ2v) is 5.12.